The van der Waals surface area contributed by atoms with Crippen molar-refractivity contribution in [1.82, 2.24) is 0 Å². The number of carbonyl (C=O) groups is 2. The quantitative estimate of drug-likeness (QED) is 0.857. The van der Waals surface area contributed by atoms with E-state index in [9.17, 15) is 14.7 Å². The lowest BCUT2D eigenvalue weighted by Gasteiger charge is -2.23. The number of ether oxygens (including phenoxy) is 2. The number of hydrogen-bond acceptors (Lipinski definition) is 4. The molecule has 1 saturated carbocycles. The van der Waals surface area contributed by atoms with E-state index in [1.165, 1.54) is 31.7 Å². The van der Waals surface area contributed by atoms with Crippen LogP contribution in [0.5, 0.6) is 5.75 Å². The van der Waals surface area contributed by atoms with Crippen LogP contribution in [0.15, 0.2) is 18.2 Å². The number of rotatable bonds is 4. The number of aromatic carboxylic acids is 1. The van der Waals surface area contributed by atoms with Crippen LogP contribution in [0, 0.1) is 0 Å². The summed E-state index contributed by atoms with van der Waals surface area (Å²) in [4.78, 5) is 22.7. The molecule has 0 saturated heterocycles. The molecule has 0 unspecified atom stereocenters. The van der Waals surface area contributed by atoms with Crippen molar-refractivity contribution >= 4 is 11.9 Å². The van der Waals surface area contributed by atoms with Crippen LogP contribution in [0.1, 0.15) is 52.8 Å². The molecule has 5 nitrogen and oxygen atoms in total. The summed E-state index contributed by atoms with van der Waals surface area (Å²) >= 11 is 0. The number of carboxylic acids is 1. The zero-order chi connectivity index (χ0) is 14.5. The number of benzene rings is 1. The third-order valence-electron chi connectivity index (χ3n) is 3.48. The van der Waals surface area contributed by atoms with Crippen LogP contribution in [0.4, 0.5) is 0 Å². The summed E-state index contributed by atoms with van der Waals surface area (Å²) < 4.78 is 10.4. The Bertz CT molecular complexity index is 503. The smallest absolute Gasteiger partial charge is 0.339 e. The molecule has 1 N–H and O–H groups in total. The first-order chi connectivity index (χ1) is 9.61. The summed E-state index contributed by atoms with van der Waals surface area (Å²) in [6.07, 6.45) is 5.36. The van der Waals surface area contributed by atoms with Gasteiger partial charge < -0.3 is 14.6 Å². The van der Waals surface area contributed by atoms with E-state index in [0.29, 0.717) is 5.75 Å². The summed E-state index contributed by atoms with van der Waals surface area (Å²) in [5.41, 5.74) is 0.208. The summed E-state index contributed by atoms with van der Waals surface area (Å²) in [5.74, 6) is -1.35. The molecular formula is C15H18O5. The lowest BCUT2D eigenvalue weighted by Crippen LogP contribution is -2.21. The summed E-state index contributed by atoms with van der Waals surface area (Å²) in [7, 11) is 1.26. The second-order valence-electron chi connectivity index (χ2n) is 4.89. The average molecular weight is 278 g/mol. The molecule has 0 atom stereocenters. The van der Waals surface area contributed by atoms with E-state index in [1.807, 2.05) is 0 Å². The largest absolute Gasteiger partial charge is 0.490 e. The van der Waals surface area contributed by atoms with Gasteiger partial charge in [-0.2, -0.15) is 0 Å². The third-order valence-corrected chi connectivity index (χ3v) is 3.48. The molecule has 5 heteroatoms. The maximum Gasteiger partial charge on any atom is 0.339 e. The van der Waals surface area contributed by atoms with Gasteiger partial charge >= 0.3 is 11.9 Å². The third kappa shape index (κ3) is 3.29. The molecule has 0 aliphatic heterocycles. The zero-order valence-electron chi connectivity index (χ0n) is 11.4. The first-order valence-corrected chi connectivity index (χ1v) is 6.74. The molecule has 108 valence electrons. The van der Waals surface area contributed by atoms with Crippen LogP contribution in [0.2, 0.25) is 0 Å². The van der Waals surface area contributed by atoms with Crippen LogP contribution >= 0.6 is 0 Å². The highest BCUT2D eigenvalue weighted by Gasteiger charge is 2.20. The minimum Gasteiger partial charge on any atom is -0.490 e. The highest BCUT2D eigenvalue weighted by atomic mass is 16.5. The first kappa shape index (κ1) is 14.4. The van der Waals surface area contributed by atoms with Gasteiger partial charge in [-0.3, -0.25) is 0 Å². The van der Waals surface area contributed by atoms with Gasteiger partial charge in [0.1, 0.15) is 11.3 Å². The molecular weight excluding hydrogens is 260 g/mol. The van der Waals surface area contributed by atoms with Crippen LogP contribution < -0.4 is 4.74 Å². The lowest BCUT2D eigenvalue weighted by atomic mass is 9.97. The summed E-state index contributed by atoms with van der Waals surface area (Å²) in [6, 6.07) is 4.35. The fourth-order valence-electron chi connectivity index (χ4n) is 2.41. The molecule has 1 aromatic rings. The first-order valence-electron chi connectivity index (χ1n) is 6.74. The predicted octanol–water partition coefficient (Wildman–Crippen LogP) is 2.88. The maximum absolute atomic E-state index is 11.4. The van der Waals surface area contributed by atoms with Gasteiger partial charge in [-0.1, -0.05) is 6.42 Å². The molecule has 0 aromatic heterocycles. The van der Waals surface area contributed by atoms with E-state index in [0.717, 1.165) is 25.7 Å². The van der Waals surface area contributed by atoms with Gasteiger partial charge in [0.25, 0.3) is 0 Å². The van der Waals surface area contributed by atoms with Crippen LogP contribution in [0.25, 0.3) is 0 Å². The Morgan fingerprint density at radius 3 is 2.50 bits per heavy atom. The molecule has 0 radical (unpaired) electrons. The molecule has 0 amide bonds. The average Bonchev–Trinajstić information content (AvgIpc) is 2.47. The second kappa shape index (κ2) is 6.41. The van der Waals surface area contributed by atoms with Gasteiger partial charge in [-0.15, -0.1) is 0 Å². The van der Waals surface area contributed by atoms with Crippen molar-refractivity contribution in [3.8, 4) is 5.75 Å². The number of methoxy groups -OCH3 is 1. The van der Waals surface area contributed by atoms with E-state index in [2.05, 4.69) is 4.74 Å². The molecule has 1 aliphatic rings. The minimum absolute atomic E-state index is 0.00141. The predicted molar refractivity (Wildman–Crippen MR) is 72.2 cm³/mol. The fraction of sp³-hybridized carbons (Fsp3) is 0.467. The molecule has 1 fully saturated rings. The van der Waals surface area contributed by atoms with Crippen LogP contribution in [-0.2, 0) is 4.74 Å². The van der Waals surface area contributed by atoms with Gasteiger partial charge in [0.05, 0.1) is 18.8 Å². The Morgan fingerprint density at radius 1 is 1.20 bits per heavy atom. The Hall–Kier alpha value is -2.04. The molecule has 1 aromatic carbocycles. The molecule has 2 rings (SSSR count). The van der Waals surface area contributed by atoms with Gasteiger partial charge in [-0.25, -0.2) is 9.59 Å². The van der Waals surface area contributed by atoms with Crippen molar-refractivity contribution < 1.29 is 24.2 Å². The molecule has 1 aliphatic carbocycles. The van der Waals surface area contributed by atoms with Crippen LogP contribution in [0.3, 0.4) is 0 Å². The Balaban J connectivity index is 2.23. The highest BCUT2D eigenvalue weighted by Crippen LogP contribution is 2.27. The maximum atomic E-state index is 11.4. The van der Waals surface area contributed by atoms with Gasteiger partial charge in [0.2, 0.25) is 0 Å². The second-order valence-corrected chi connectivity index (χ2v) is 4.89. The fourth-order valence-corrected chi connectivity index (χ4v) is 2.41. The number of carboxylic acid groups (broad SMARTS) is 1. The summed E-state index contributed by atoms with van der Waals surface area (Å²) in [6.45, 7) is 0. The molecule has 20 heavy (non-hydrogen) atoms. The zero-order valence-corrected chi connectivity index (χ0v) is 11.4. The van der Waals surface area contributed by atoms with E-state index in [4.69, 9.17) is 4.74 Å². The highest BCUT2D eigenvalue weighted by molar-refractivity contribution is 5.96. The normalized spacial score (nSPS) is 15.7. The van der Waals surface area contributed by atoms with Crippen molar-refractivity contribution in [3.05, 3.63) is 29.3 Å². The van der Waals surface area contributed by atoms with Crippen molar-refractivity contribution in [3.63, 3.8) is 0 Å². The summed E-state index contributed by atoms with van der Waals surface area (Å²) in [5, 5.41) is 9.24. The topological polar surface area (TPSA) is 72.8 Å². The van der Waals surface area contributed by atoms with Crippen LogP contribution in [-0.4, -0.2) is 30.3 Å². The van der Waals surface area contributed by atoms with E-state index in [-0.39, 0.29) is 17.2 Å². The van der Waals surface area contributed by atoms with Gasteiger partial charge in [-0.05, 0) is 43.9 Å². The monoisotopic (exact) mass is 278 g/mol. The minimum atomic E-state index is -1.11. The molecule has 0 heterocycles. The Morgan fingerprint density at radius 2 is 1.90 bits per heavy atom. The van der Waals surface area contributed by atoms with E-state index in [1.54, 1.807) is 0 Å². The number of hydrogen-bond donors (Lipinski definition) is 1. The van der Waals surface area contributed by atoms with Crippen molar-refractivity contribution in [2.75, 3.05) is 7.11 Å². The van der Waals surface area contributed by atoms with Gasteiger partial charge in [0.15, 0.2) is 0 Å². The Labute approximate surface area is 117 Å². The number of esters is 1. The van der Waals surface area contributed by atoms with Crippen molar-refractivity contribution in [1.29, 1.82) is 0 Å². The van der Waals surface area contributed by atoms with Gasteiger partial charge in [0, 0.05) is 0 Å². The standard InChI is InChI=1S/C15H18O5/c1-19-15(18)10-7-8-13(12(9-10)14(16)17)20-11-5-3-2-4-6-11/h7-9,11H,2-6H2,1H3,(H,16,17). The van der Waals surface area contributed by atoms with Crippen molar-refractivity contribution in [2.24, 2.45) is 0 Å². The SMILES string of the molecule is COC(=O)c1ccc(OC2CCCCC2)c(C(=O)O)c1. The van der Waals surface area contributed by atoms with E-state index >= 15 is 0 Å². The van der Waals surface area contributed by atoms with E-state index < -0.39 is 11.9 Å². The Kier molecular flexibility index (Phi) is 4.61. The molecule has 0 spiro atoms. The number of carbonyl (C=O) groups excluding carboxylic acids is 1. The molecule has 0 bridgehead atoms. The lowest BCUT2D eigenvalue weighted by molar-refractivity contribution is 0.0600. The van der Waals surface area contributed by atoms with Crippen molar-refractivity contribution in [2.45, 2.75) is 38.2 Å².